The summed E-state index contributed by atoms with van der Waals surface area (Å²) in [6, 6.07) is 0. The first-order valence-corrected chi connectivity index (χ1v) is 3.04. The van der Waals surface area contributed by atoms with Crippen molar-refractivity contribution in [2.45, 2.75) is 26.7 Å². The van der Waals surface area contributed by atoms with Crippen molar-refractivity contribution in [3.05, 3.63) is 5.21 Å². The minimum Gasteiger partial charge on any atom is -0.624 e. The van der Waals surface area contributed by atoms with Gasteiger partial charge in [0.05, 0.1) is 0 Å². The zero-order valence-corrected chi connectivity index (χ0v) is 5.55. The minimum atomic E-state index is 0.646. The predicted molar refractivity (Wildman–Crippen MR) is 35.1 cm³/mol. The van der Waals surface area contributed by atoms with Crippen LogP contribution < -0.4 is 0 Å². The van der Waals surface area contributed by atoms with E-state index in [1.807, 2.05) is 0 Å². The number of hydrogen-bond acceptors (Lipinski definition) is 1. The number of nitrogens with zero attached hydrogens (tertiary/aromatic N) is 1. The molecule has 0 aliphatic carbocycles. The van der Waals surface area contributed by atoms with Gasteiger partial charge in [0.15, 0.2) is 6.54 Å². The minimum absolute atomic E-state index is 0.646. The Kier molecular flexibility index (Phi) is 4.32. The molecule has 0 bridgehead atoms. The normalized spacial score (nSPS) is 12.0. The summed E-state index contributed by atoms with van der Waals surface area (Å²) in [7, 11) is 0. The summed E-state index contributed by atoms with van der Waals surface area (Å²) in [6.45, 7) is 4.47. The Morgan fingerprint density at radius 3 is 2.62 bits per heavy atom. The molecule has 2 heteroatoms. The van der Waals surface area contributed by atoms with Crippen LogP contribution >= 0.6 is 0 Å². The van der Waals surface area contributed by atoms with E-state index in [1.54, 1.807) is 13.1 Å². The molecule has 8 heavy (non-hydrogen) atoms. The number of hydrogen-bond donors (Lipinski definition) is 0. The largest absolute Gasteiger partial charge is 0.624 e. The molecule has 0 aliphatic rings. The third-order valence-electron chi connectivity index (χ3n) is 1.02. The number of hydroxylamine groups is 1. The second-order valence-electron chi connectivity index (χ2n) is 1.75. The second kappa shape index (κ2) is 4.62. The van der Waals surface area contributed by atoms with Gasteiger partial charge in [0.2, 0.25) is 0 Å². The molecule has 0 fully saturated rings. The van der Waals surface area contributed by atoms with Crippen molar-refractivity contribution < 1.29 is 4.74 Å². The Morgan fingerprint density at radius 1 is 1.62 bits per heavy atom. The molecule has 0 atom stereocenters. The van der Waals surface area contributed by atoms with Gasteiger partial charge in [-0.15, -0.1) is 0 Å². The Bertz CT molecular complexity index is 78.6. The summed E-state index contributed by atoms with van der Waals surface area (Å²) in [5.41, 5.74) is 0. The molecule has 0 aromatic heterocycles. The lowest BCUT2D eigenvalue weighted by Crippen LogP contribution is -2.04. The summed E-state index contributed by atoms with van der Waals surface area (Å²) in [5.74, 6) is 0. The van der Waals surface area contributed by atoms with Gasteiger partial charge in [-0.2, -0.15) is 0 Å². The fourth-order valence-corrected chi connectivity index (χ4v) is 0.443. The van der Waals surface area contributed by atoms with Gasteiger partial charge in [-0.25, -0.2) is 4.74 Å². The van der Waals surface area contributed by atoms with Crippen molar-refractivity contribution in [2.75, 3.05) is 6.54 Å². The second-order valence-corrected chi connectivity index (χ2v) is 1.75. The van der Waals surface area contributed by atoms with Crippen LogP contribution in [0.15, 0.2) is 0 Å². The SMILES string of the molecule is CC=[N+]([O-])CCCC. The van der Waals surface area contributed by atoms with Crippen LogP contribution in [0, 0.1) is 5.21 Å². The summed E-state index contributed by atoms with van der Waals surface area (Å²) < 4.78 is 0.962. The molecule has 0 N–H and O–H groups in total. The molecule has 0 saturated heterocycles. The molecule has 0 aromatic carbocycles. The van der Waals surface area contributed by atoms with Crippen LogP contribution in [-0.4, -0.2) is 17.5 Å². The highest BCUT2D eigenvalue weighted by Gasteiger charge is 1.86. The summed E-state index contributed by atoms with van der Waals surface area (Å²) in [6.07, 6.45) is 3.64. The smallest absolute Gasteiger partial charge is 0.153 e. The fraction of sp³-hybridized carbons (Fsp3) is 0.833. The molecule has 0 spiro atoms. The van der Waals surface area contributed by atoms with E-state index in [4.69, 9.17) is 0 Å². The van der Waals surface area contributed by atoms with Gasteiger partial charge in [-0.1, -0.05) is 13.3 Å². The first-order valence-electron chi connectivity index (χ1n) is 3.04. The quantitative estimate of drug-likeness (QED) is 0.236. The van der Waals surface area contributed by atoms with Crippen molar-refractivity contribution >= 4 is 6.21 Å². The summed E-state index contributed by atoms with van der Waals surface area (Å²) >= 11 is 0. The first-order chi connectivity index (χ1) is 3.81. The fourth-order valence-electron chi connectivity index (χ4n) is 0.443. The van der Waals surface area contributed by atoms with Gasteiger partial charge in [0, 0.05) is 13.3 Å². The van der Waals surface area contributed by atoms with Crippen molar-refractivity contribution in [3.8, 4) is 0 Å². The van der Waals surface area contributed by atoms with Crippen LogP contribution in [0.1, 0.15) is 26.7 Å². The van der Waals surface area contributed by atoms with E-state index < -0.39 is 0 Å². The highest BCUT2D eigenvalue weighted by Crippen LogP contribution is 1.84. The van der Waals surface area contributed by atoms with E-state index in [9.17, 15) is 5.21 Å². The number of unbranched alkanes of at least 4 members (excludes halogenated alkanes) is 1. The lowest BCUT2D eigenvalue weighted by atomic mass is 10.3. The van der Waals surface area contributed by atoms with Crippen LogP contribution in [0.4, 0.5) is 0 Å². The van der Waals surface area contributed by atoms with E-state index in [1.165, 1.54) is 0 Å². The highest BCUT2D eigenvalue weighted by atomic mass is 16.5. The van der Waals surface area contributed by atoms with Gasteiger partial charge >= 0.3 is 0 Å². The maximum Gasteiger partial charge on any atom is 0.153 e. The number of rotatable bonds is 3. The van der Waals surface area contributed by atoms with Crippen molar-refractivity contribution in [3.63, 3.8) is 0 Å². The molecule has 0 aromatic rings. The molecule has 2 nitrogen and oxygen atoms in total. The summed E-state index contributed by atoms with van der Waals surface area (Å²) in [5, 5.41) is 10.4. The van der Waals surface area contributed by atoms with Gasteiger partial charge in [0.25, 0.3) is 0 Å². The van der Waals surface area contributed by atoms with Crippen molar-refractivity contribution in [1.29, 1.82) is 0 Å². The Morgan fingerprint density at radius 2 is 2.25 bits per heavy atom. The summed E-state index contributed by atoms with van der Waals surface area (Å²) in [4.78, 5) is 0. The van der Waals surface area contributed by atoms with Crippen LogP contribution in [0.2, 0.25) is 0 Å². The predicted octanol–water partition coefficient (Wildman–Crippen LogP) is 1.39. The molecular formula is C6H13NO. The van der Waals surface area contributed by atoms with Crippen molar-refractivity contribution in [2.24, 2.45) is 0 Å². The molecule has 48 valence electrons. The lowest BCUT2D eigenvalue weighted by molar-refractivity contribution is -0.453. The maximum absolute atomic E-state index is 10.4. The van der Waals surface area contributed by atoms with Gasteiger partial charge in [0.1, 0.15) is 6.21 Å². The molecule has 0 heterocycles. The molecule has 0 aliphatic heterocycles. The van der Waals surface area contributed by atoms with E-state index >= 15 is 0 Å². The Hall–Kier alpha value is -0.530. The van der Waals surface area contributed by atoms with E-state index in [2.05, 4.69) is 6.92 Å². The molecule has 0 rings (SSSR count). The molecule has 0 saturated carbocycles. The van der Waals surface area contributed by atoms with Crippen LogP contribution in [0.25, 0.3) is 0 Å². The molecular weight excluding hydrogens is 102 g/mol. The van der Waals surface area contributed by atoms with E-state index in [-0.39, 0.29) is 0 Å². The first kappa shape index (κ1) is 7.47. The lowest BCUT2D eigenvalue weighted by Gasteiger charge is -1.99. The average Bonchev–Trinajstić information content (AvgIpc) is 1.83. The topological polar surface area (TPSA) is 26.1 Å². The van der Waals surface area contributed by atoms with Gasteiger partial charge in [-0.05, 0) is 0 Å². The van der Waals surface area contributed by atoms with Gasteiger partial charge in [-0.3, -0.25) is 0 Å². The third kappa shape index (κ3) is 3.65. The third-order valence-corrected chi connectivity index (χ3v) is 1.02. The highest BCUT2D eigenvalue weighted by molar-refractivity contribution is 5.46. The van der Waals surface area contributed by atoms with Gasteiger partial charge < -0.3 is 5.21 Å². The standard InChI is InChI=1S/C6H13NO/c1-3-5-6-7(8)4-2/h4H,3,5-6H2,1-2H3. The van der Waals surface area contributed by atoms with Crippen LogP contribution in [-0.2, 0) is 0 Å². The maximum atomic E-state index is 10.4. The van der Waals surface area contributed by atoms with Crippen LogP contribution in [0.3, 0.4) is 0 Å². The zero-order chi connectivity index (χ0) is 6.41. The molecule has 0 unspecified atom stereocenters. The van der Waals surface area contributed by atoms with Crippen molar-refractivity contribution in [1.82, 2.24) is 0 Å². The van der Waals surface area contributed by atoms with Crippen LogP contribution in [0.5, 0.6) is 0 Å². The Balaban J connectivity index is 3.12. The Labute approximate surface area is 50.4 Å². The van der Waals surface area contributed by atoms with E-state index in [0.29, 0.717) is 6.54 Å². The zero-order valence-electron chi connectivity index (χ0n) is 5.55. The molecule has 0 amide bonds. The molecule has 0 radical (unpaired) electrons. The average molecular weight is 115 g/mol. The monoisotopic (exact) mass is 115 g/mol. The van der Waals surface area contributed by atoms with E-state index in [0.717, 1.165) is 17.6 Å².